The quantitative estimate of drug-likeness (QED) is 0.770. The van der Waals surface area contributed by atoms with Crippen molar-refractivity contribution in [1.29, 1.82) is 0 Å². The fourth-order valence-electron chi connectivity index (χ4n) is 3.63. The SMILES string of the molecule is CCCN(C1CCC(N)CC1)C(CC)C1CC1. The summed E-state index contributed by atoms with van der Waals surface area (Å²) < 4.78 is 0. The molecule has 0 aromatic rings. The highest BCUT2D eigenvalue weighted by Gasteiger charge is 2.37. The average Bonchev–Trinajstić information content (AvgIpc) is 3.15. The lowest BCUT2D eigenvalue weighted by atomic mass is 9.89. The Labute approximate surface area is 107 Å². The van der Waals surface area contributed by atoms with Gasteiger partial charge in [0.1, 0.15) is 0 Å². The van der Waals surface area contributed by atoms with Crippen LogP contribution in [0.1, 0.15) is 65.2 Å². The van der Waals surface area contributed by atoms with Crippen molar-refractivity contribution in [3.8, 4) is 0 Å². The van der Waals surface area contributed by atoms with Gasteiger partial charge < -0.3 is 5.73 Å². The van der Waals surface area contributed by atoms with Crippen molar-refractivity contribution < 1.29 is 0 Å². The summed E-state index contributed by atoms with van der Waals surface area (Å²) in [5, 5.41) is 0. The molecule has 17 heavy (non-hydrogen) atoms. The predicted octanol–water partition coefficient (Wildman–Crippen LogP) is 3.16. The van der Waals surface area contributed by atoms with Gasteiger partial charge in [-0.15, -0.1) is 0 Å². The van der Waals surface area contributed by atoms with Crippen LogP contribution in [0.3, 0.4) is 0 Å². The molecule has 1 atom stereocenters. The van der Waals surface area contributed by atoms with Crippen LogP contribution in [0.15, 0.2) is 0 Å². The summed E-state index contributed by atoms with van der Waals surface area (Å²) in [6.07, 6.45) is 10.8. The smallest absolute Gasteiger partial charge is 0.0124 e. The number of hydrogen-bond donors (Lipinski definition) is 1. The maximum Gasteiger partial charge on any atom is 0.0124 e. The van der Waals surface area contributed by atoms with Crippen LogP contribution in [0.4, 0.5) is 0 Å². The minimum absolute atomic E-state index is 0.482. The molecule has 2 rings (SSSR count). The zero-order chi connectivity index (χ0) is 12.3. The Morgan fingerprint density at radius 2 is 1.71 bits per heavy atom. The molecule has 2 heteroatoms. The van der Waals surface area contributed by atoms with E-state index in [4.69, 9.17) is 5.73 Å². The molecule has 100 valence electrons. The van der Waals surface area contributed by atoms with E-state index >= 15 is 0 Å². The first kappa shape index (κ1) is 13.4. The van der Waals surface area contributed by atoms with Crippen molar-refractivity contribution >= 4 is 0 Å². The molecule has 2 aliphatic rings. The van der Waals surface area contributed by atoms with Gasteiger partial charge in [-0.1, -0.05) is 13.8 Å². The van der Waals surface area contributed by atoms with Crippen LogP contribution in [-0.4, -0.2) is 29.6 Å². The maximum absolute atomic E-state index is 6.03. The zero-order valence-electron chi connectivity index (χ0n) is 11.7. The number of rotatable bonds is 6. The minimum atomic E-state index is 0.482. The standard InChI is InChI=1S/C15H30N2/c1-3-11-17(15(4-2)12-5-6-12)14-9-7-13(16)8-10-14/h12-15H,3-11,16H2,1-2H3. The number of nitrogens with two attached hydrogens (primary N) is 1. The van der Waals surface area contributed by atoms with Crippen molar-refractivity contribution in [3.63, 3.8) is 0 Å². The van der Waals surface area contributed by atoms with Crippen LogP contribution in [0.25, 0.3) is 0 Å². The molecule has 0 aromatic carbocycles. The molecule has 2 N–H and O–H groups in total. The third kappa shape index (κ3) is 3.45. The summed E-state index contributed by atoms with van der Waals surface area (Å²) >= 11 is 0. The highest BCUT2D eigenvalue weighted by atomic mass is 15.2. The Morgan fingerprint density at radius 1 is 1.06 bits per heavy atom. The molecule has 0 aliphatic heterocycles. The molecule has 2 fully saturated rings. The fourth-order valence-corrected chi connectivity index (χ4v) is 3.63. The van der Waals surface area contributed by atoms with Crippen molar-refractivity contribution in [3.05, 3.63) is 0 Å². The highest BCUT2D eigenvalue weighted by molar-refractivity contribution is 4.92. The van der Waals surface area contributed by atoms with Crippen LogP contribution in [0.2, 0.25) is 0 Å². The van der Waals surface area contributed by atoms with Gasteiger partial charge in [0.15, 0.2) is 0 Å². The first-order valence-corrected chi connectivity index (χ1v) is 7.77. The summed E-state index contributed by atoms with van der Waals surface area (Å²) in [5.41, 5.74) is 6.03. The lowest BCUT2D eigenvalue weighted by Crippen LogP contribution is -2.47. The molecule has 2 saturated carbocycles. The van der Waals surface area contributed by atoms with E-state index in [1.807, 2.05) is 0 Å². The van der Waals surface area contributed by atoms with E-state index in [2.05, 4.69) is 18.7 Å². The van der Waals surface area contributed by atoms with Gasteiger partial charge in [0, 0.05) is 18.1 Å². The fraction of sp³-hybridized carbons (Fsp3) is 1.00. The molecule has 0 bridgehead atoms. The Balaban J connectivity index is 1.94. The Bertz CT molecular complexity index is 217. The van der Waals surface area contributed by atoms with Crippen molar-refractivity contribution in [2.75, 3.05) is 6.54 Å². The van der Waals surface area contributed by atoms with E-state index in [-0.39, 0.29) is 0 Å². The van der Waals surface area contributed by atoms with Gasteiger partial charge in [0.2, 0.25) is 0 Å². The normalized spacial score (nSPS) is 31.8. The summed E-state index contributed by atoms with van der Waals surface area (Å²) in [6, 6.07) is 2.19. The van der Waals surface area contributed by atoms with E-state index in [9.17, 15) is 0 Å². The second-order valence-electron chi connectivity index (χ2n) is 6.12. The van der Waals surface area contributed by atoms with Crippen molar-refractivity contribution in [2.45, 2.75) is 83.3 Å². The Hall–Kier alpha value is -0.0800. The van der Waals surface area contributed by atoms with Crippen molar-refractivity contribution in [1.82, 2.24) is 4.90 Å². The molecule has 0 heterocycles. The molecular weight excluding hydrogens is 208 g/mol. The predicted molar refractivity (Wildman–Crippen MR) is 74.0 cm³/mol. The molecule has 0 aromatic heterocycles. The van der Waals surface area contributed by atoms with Crippen LogP contribution in [0, 0.1) is 5.92 Å². The summed E-state index contributed by atoms with van der Waals surface area (Å²) in [6.45, 7) is 6.00. The van der Waals surface area contributed by atoms with Gasteiger partial charge in [-0.2, -0.15) is 0 Å². The maximum atomic E-state index is 6.03. The van der Waals surface area contributed by atoms with Gasteiger partial charge in [-0.3, -0.25) is 4.90 Å². The van der Waals surface area contributed by atoms with E-state index in [0.717, 1.165) is 18.0 Å². The molecule has 2 nitrogen and oxygen atoms in total. The average molecular weight is 238 g/mol. The molecule has 0 spiro atoms. The summed E-state index contributed by atoms with van der Waals surface area (Å²) in [4.78, 5) is 2.85. The molecular formula is C15H30N2. The van der Waals surface area contributed by atoms with Gasteiger partial charge in [0.25, 0.3) is 0 Å². The molecule has 0 amide bonds. The summed E-state index contributed by atoms with van der Waals surface area (Å²) in [7, 11) is 0. The highest BCUT2D eigenvalue weighted by Crippen LogP contribution is 2.39. The first-order chi connectivity index (χ1) is 8.26. The second kappa shape index (κ2) is 6.19. The van der Waals surface area contributed by atoms with E-state index < -0.39 is 0 Å². The van der Waals surface area contributed by atoms with Crippen LogP contribution in [0.5, 0.6) is 0 Å². The lowest BCUT2D eigenvalue weighted by molar-refractivity contribution is 0.0847. The Morgan fingerprint density at radius 3 is 2.18 bits per heavy atom. The molecule has 1 unspecified atom stereocenters. The second-order valence-corrected chi connectivity index (χ2v) is 6.12. The molecule has 2 aliphatic carbocycles. The topological polar surface area (TPSA) is 29.3 Å². The monoisotopic (exact) mass is 238 g/mol. The van der Waals surface area contributed by atoms with Crippen LogP contribution < -0.4 is 5.73 Å². The van der Waals surface area contributed by atoms with Gasteiger partial charge in [-0.05, 0) is 63.8 Å². The van der Waals surface area contributed by atoms with Gasteiger partial charge in [0.05, 0.1) is 0 Å². The van der Waals surface area contributed by atoms with E-state index in [0.29, 0.717) is 6.04 Å². The number of nitrogens with zero attached hydrogens (tertiary/aromatic N) is 1. The Kier molecular flexibility index (Phi) is 4.87. The van der Waals surface area contributed by atoms with Crippen LogP contribution >= 0.6 is 0 Å². The largest absolute Gasteiger partial charge is 0.328 e. The summed E-state index contributed by atoms with van der Waals surface area (Å²) in [5.74, 6) is 1.02. The van der Waals surface area contributed by atoms with E-state index in [1.54, 1.807) is 0 Å². The zero-order valence-corrected chi connectivity index (χ0v) is 11.7. The van der Waals surface area contributed by atoms with Gasteiger partial charge in [-0.25, -0.2) is 0 Å². The van der Waals surface area contributed by atoms with Crippen molar-refractivity contribution in [2.24, 2.45) is 11.7 Å². The number of hydrogen-bond acceptors (Lipinski definition) is 2. The first-order valence-electron chi connectivity index (χ1n) is 7.77. The van der Waals surface area contributed by atoms with E-state index in [1.165, 1.54) is 57.9 Å². The lowest BCUT2D eigenvalue weighted by Gasteiger charge is -2.41. The molecule has 0 radical (unpaired) electrons. The third-order valence-corrected chi connectivity index (χ3v) is 4.70. The van der Waals surface area contributed by atoms with Gasteiger partial charge >= 0.3 is 0 Å². The van der Waals surface area contributed by atoms with Crippen LogP contribution in [-0.2, 0) is 0 Å². The minimum Gasteiger partial charge on any atom is -0.328 e. The molecule has 0 saturated heterocycles. The third-order valence-electron chi connectivity index (χ3n) is 4.70.